The quantitative estimate of drug-likeness (QED) is 0.900. The predicted molar refractivity (Wildman–Crippen MR) is 70.2 cm³/mol. The van der Waals surface area contributed by atoms with Crippen LogP contribution in [-0.2, 0) is 0 Å². The fourth-order valence-electron chi connectivity index (χ4n) is 1.89. The van der Waals surface area contributed by atoms with E-state index in [-0.39, 0.29) is 12.0 Å². The predicted octanol–water partition coefficient (Wildman–Crippen LogP) is 2.60. The molecule has 0 saturated heterocycles. The SMILES string of the molecule is O=C(NCC1CC(O)C1)c1cc(Cl)cc(Br)c1. The summed E-state index contributed by atoms with van der Waals surface area (Å²) in [5, 5.41) is 12.5. The van der Waals surface area contributed by atoms with Gasteiger partial charge in [-0.15, -0.1) is 0 Å². The molecule has 0 spiro atoms. The van der Waals surface area contributed by atoms with E-state index in [1.165, 1.54) is 0 Å². The highest BCUT2D eigenvalue weighted by Crippen LogP contribution is 2.26. The number of amides is 1. The standard InChI is InChI=1S/C12H13BrClNO2/c13-9-3-8(4-10(14)5-9)12(17)15-6-7-1-11(16)2-7/h3-5,7,11,16H,1-2,6H2,(H,15,17). The van der Waals surface area contributed by atoms with Crippen molar-refractivity contribution in [2.75, 3.05) is 6.54 Å². The van der Waals surface area contributed by atoms with E-state index in [1.807, 2.05) is 0 Å². The van der Waals surface area contributed by atoms with E-state index < -0.39 is 0 Å². The minimum atomic E-state index is -0.183. The van der Waals surface area contributed by atoms with Gasteiger partial charge in [-0.25, -0.2) is 0 Å². The summed E-state index contributed by atoms with van der Waals surface area (Å²) in [6.45, 7) is 0.611. The van der Waals surface area contributed by atoms with Crippen LogP contribution in [0.5, 0.6) is 0 Å². The van der Waals surface area contributed by atoms with Crippen LogP contribution in [0, 0.1) is 5.92 Å². The first kappa shape index (κ1) is 12.9. The number of aliphatic hydroxyl groups is 1. The summed E-state index contributed by atoms with van der Waals surface area (Å²) in [4.78, 5) is 11.8. The molecule has 2 N–H and O–H groups in total. The molecule has 0 heterocycles. The number of hydrogen-bond acceptors (Lipinski definition) is 2. The Morgan fingerprint density at radius 3 is 2.76 bits per heavy atom. The molecule has 0 aromatic heterocycles. The van der Waals surface area contributed by atoms with Gasteiger partial charge < -0.3 is 10.4 Å². The lowest BCUT2D eigenvalue weighted by atomic mass is 9.82. The first-order valence-electron chi connectivity index (χ1n) is 5.47. The van der Waals surface area contributed by atoms with Gasteiger partial charge in [0.05, 0.1) is 6.10 Å². The van der Waals surface area contributed by atoms with Gasteiger partial charge in [-0.05, 0) is 37.0 Å². The Balaban J connectivity index is 1.90. The number of aliphatic hydroxyl groups excluding tert-OH is 1. The molecule has 0 radical (unpaired) electrons. The molecule has 17 heavy (non-hydrogen) atoms. The Kier molecular flexibility index (Phi) is 4.07. The van der Waals surface area contributed by atoms with Crippen molar-refractivity contribution >= 4 is 33.4 Å². The van der Waals surface area contributed by atoms with Crippen molar-refractivity contribution in [2.45, 2.75) is 18.9 Å². The maximum absolute atomic E-state index is 11.8. The Hall–Kier alpha value is -0.580. The second kappa shape index (κ2) is 5.38. The molecule has 1 amide bonds. The van der Waals surface area contributed by atoms with Crippen LogP contribution in [0.3, 0.4) is 0 Å². The van der Waals surface area contributed by atoms with Crippen LogP contribution < -0.4 is 5.32 Å². The van der Waals surface area contributed by atoms with Gasteiger partial charge in [-0.2, -0.15) is 0 Å². The van der Waals surface area contributed by atoms with Crippen LogP contribution in [0.4, 0.5) is 0 Å². The van der Waals surface area contributed by atoms with Gasteiger partial charge in [0.15, 0.2) is 0 Å². The molecule has 1 aliphatic rings. The van der Waals surface area contributed by atoms with Crippen molar-refractivity contribution in [1.29, 1.82) is 0 Å². The monoisotopic (exact) mass is 317 g/mol. The van der Waals surface area contributed by atoms with Gasteiger partial charge in [-0.1, -0.05) is 27.5 Å². The van der Waals surface area contributed by atoms with Crippen molar-refractivity contribution in [3.05, 3.63) is 33.3 Å². The molecule has 5 heteroatoms. The van der Waals surface area contributed by atoms with Gasteiger partial charge in [-0.3, -0.25) is 4.79 Å². The number of rotatable bonds is 3. The Labute approximate surface area is 113 Å². The molecule has 1 aliphatic carbocycles. The Morgan fingerprint density at radius 1 is 1.47 bits per heavy atom. The third kappa shape index (κ3) is 3.44. The number of carbonyl (C=O) groups excluding carboxylic acids is 1. The van der Waals surface area contributed by atoms with E-state index in [4.69, 9.17) is 16.7 Å². The van der Waals surface area contributed by atoms with Crippen molar-refractivity contribution in [2.24, 2.45) is 5.92 Å². The van der Waals surface area contributed by atoms with Crippen molar-refractivity contribution in [1.82, 2.24) is 5.32 Å². The number of hydrogen-bond donors (Lipinski definition) is 2. The second-order valence-corrected chi connectivity index (χ2v) is 5.71. The van der Waals surface area contributed by atoms with Crippen molar-refractivity contribution in [3.63, 3.8) is 0 Å². The molecule has 1 aromatic rings. The topological polar surface area (TPSA) is 49.3 Å². The molecule has 3 nitrogen and oxygen atoms in total. The maximum Gasteiger partial charge on any atom is 0.251 e. The van der Waals surface area contributed by atoms with Crippen LogP contribution in [0.25, 0.3) is 0 Å². The van der Waals surface area contributed by atoms with E-state index >= 15 is 0 Å². The lowest BCUT2D eigenvalue weighted by Gasteiger charge is -2.31. The summed E-state index contributed by atoms with van der Waals surface area (Å²) in [5.74, 6) is 0.270. The van der Waals surface area contributed by atoms with Crippen LogP contribution in [-0.4, -0.2) is 23.7 Å². The second-order valence-electron chi connectivity index (χ2n) is 4.36. The van der Waals surface area contributed by atoms with E-state index in [2.05, 4.69) is 21.2 Å². The number of nitrogens with one attached hydrogen (secondary N) is 1. The fraction of sp³-hybridized carbons (Fsp3) is 0.417. The van der Waals surface area contributed by atoms with Gasteiger partial charge in [0.1, 0.15) is 0 Å². The highest BCUT2D eigenvalue weighted by atomic mass is 79.9. The van der Waals surface area contributed by atoms with Gasteiger partial charge in [0, 0.05) is 21.6 Å². The lowest BCUT2D eigenvalue weighted by Crippen LogP contribution is -2.38. The van der Waals surface area contributed by atoms with Gasteiger partial charge in [0.2, 0.25) is 0 Å². The third-order valence-corrected chi connectivity index (χ3v) is 3.56. The number of benzene rings is 1. The normalized spacial score (nSPS) is 23.0. The maximum atomic E-state index is 11.8. The summed E-state index contributed by atoms with van der Waals surface area (Å²) >= 11 is 9.17. The Bertz CT molecular complexity index is 412. The smallest absolute Gasteiger partial charge is 0.251 e. The molecule has 1 aromatic carbocycles. The van der Waals surface area contributed by atoms with E-state index in [9.17, 15) is 4.79 Å². The molecular weight excluding hydrogens is 305 g/mol. The highest BCUT2D eigenvalue weighted by Gasteiger charge is 2.27. The van der Waals surface area contributed by atoms with Crippen LogP contribution >= 0.6 is 27.5 Å². The molecule has 0 atom stereocenters. The molecule has 0 aliphatic heterocycles. The molecule has 2 rings (SSSR count). The molecule has 92 valence electrons. The molecule has 1 fully saturated rings. The number of carbonyl (C=O) groups is 1. The Morgan fingerprint density at radius 2 is 2.18 bits per heavy atom. The molecule has 0 bridgehead atoms. The van der Waals surface area contributed by atoms with Crippen molar-refractivity contribution in [3.8, 4) is 0 Å². The zero-order valence-corrected chi connectivity index (χ0v) is 11.5. The van der Waals surface area contributed by atoms with Crippen LogP contribution in [0.2, 0.25) is 5.02 Å². The van der Waals surface area contributed by atoms with E-state index in [0.29, 0.717) is 23.0 Å². The molecular formula is C12H13BrClNO2. The van der Waals surface area contributed by atoms with Crippen LogP contribution in [0.15, 0.2) is 22.7 Å². The largest absolute Gasteiger partial charge is 0.393 e. The fourth-order valence-corrected chi connectivity index (χ4v) is 2.75. The van der Waals surface area contributed by atoms with E-state index in [0.717, 1.165) is 17.3 Å². The third-order valence-electron chi connectivity index (χ3n) is 2.89. The van der Waals surface area contributed by atoms with Gasteiger partial charge in [0.25, 0.3) is 5.91 Å². The summed E-state index contributed by atoms with van der Waals surface area (Å²) in [6, 6.07) is 5.11. The van der Waals surface area contributed by atoms with Gasteiger partial charge >= 0.3 is 0 Å². The minimum absolute atomic E-state index is 0.130. The molecule has 0 unspecified atom stereocenters. The zero-order valence-electron chi connectivity index (χ0n) is 9.12. The average Bonchev–Trinajstić information content (AvgIpc) is 2.21. The first-order valence-corrected chi connectivity index (χ1v) is 6.64. The number of halogens is 2. The van der Waals surface area contributed by atoms with Crippen LogP contribution in [0.1, 0.15) is 23.2 Å². The summed E-state index contributed by atoms with van der Waals surface area (Å²) in [5.41, 5.74) is 0.546. The van der Waals surface area contributed by atoms with Crippen molar-refractivity contribution < 1.29 is 9.90 Å². The minimum Gasteiger partial charge on any atom is -0.393 e. The molecule has 1 saturated carbocycles. The highest BCUT2D eigenvalue weighted by molar-refractivity contribution is 9.10. The van der Waals surface area contributed by atoms with E-state index in [1.54, 1.807) is 18.2 Å². The zero-order chi connectivity index (χ0) is 12.4. The lowest BCUT2D eigenvalue weighted by molar-refractivity contribution is 0.0420. The summed E-state index contributed by atoms with van der Waals surface area (Å²) < 4.78 is 0.786. The summed E-state index contributed by atoms with van der Waals surface area (Å²) in [7, 11) is 0. The summed E-state index contributed by atoms with van der Waals surface area (Å²) in [6.07, 6.45) is 1.37. The first-order chi connectivity index (χ1) is 8.04. The average molecular weight is 319 g/mol.